The topological polar surface area (TPSA) is 70.8 Å². The number of unbranched alkanes of at least 4 members (excludes halogenated alkanes) is 1. The average Bonchev–Trinajstić information content (AvgIpc) is 2.43. The molecule has 0 atom stereocenters. The van der Waals surface area contributed by atoms with Crippen LogP contribution in [0, 0.1) is 0 Å². The Morgan fingerprint density at radius 2 is 1.42 bits per heavy atom. The van der Waals surface area contributed by atoms with E-state index < -0.39 is 0 Å². The van der Waals surface area contributed by atoms with Crippen molar-refractivity contribution < 1.29 is 19.0 Å². The van der Waals surface area contributed by atoms with Gasteiger partial charge in [0.1, 0.15) is 0 Å². The molecule has 0 saturated heterocycles. The van der Waals surface area contributed by atoms with E-state index in [9.17, 15) is 4.79 Å². The van der Waals surface area contributed by atoms with E-state index in [1.54, 1.807) is 0 Å². The van der Waals surface area contributed by atoms with Gasteiger partial charge in [-0.1, -0.05) is 6.58 Å². The molecule has 0 aliphatic carbocycles. The van der Waals surface area contributed by atoms with E-state index >= 15 is 0 Å². The Labute approximate surface area is 116 Å². The van der Waals surface area contributed by atoms with Crippen molar-refractivity contribution in [3.05, 3.63) is 12.7 Å². The van der Waals surface area contributed by atoms with Crippen LogP contribution in [-0.4, -0.2) is 52.0 Å². The highest BCUT2D eigenvalue weighted by Gasteiger charge is 1.96. The van der Waals surface area contributed by atoms with Gasteiger partial charge in [0.25, 0.3) is 0 Å². The lowest BCUT2D eigenvalue weighted by atomic mass is 10.2. The van der Waals surface area contributed by atoms with Crippen LogP contribution in [0.25, 0.3) is 0 Å². The summed E-state index contributed by atoms with van der Waals surface area (Å²) in [5.74, 6) is 0.0953. The second-order valence-electron chi connectivity index (χ2n) is 4.11. The van der Waals surface area contributed by atoms with Crippen LogP contribution >= 0.6 is 0 Å². The molecule has 0 spiro atoms. The zero-order valence-electron chi connectivity index (χ0n) is 11.8. The Morgan fingerprint density at radius 1 is 0.895 bits per heavy atom. The standard InChI is InChI=1S/C14H27NO4/c1-2-14(16)6-3-4-8-17-10-12-19-13-11-18-9-5-7-15/h2H,1,3-13,15H2. The summed E-state index contributed by atoms with van der Waals surface area (Å²) in [6.07, 6.45) is 4.55. The van der Waals surface area contributed by atoms with E-state index in [0.717, 1.165) is 19.3 Å². The van der Waals surface area contributed by atoms with Crippen molar-refractivity contribution in [1.29, 1.82) is 0 Å². The lowest BCUT2D eigenvalue weighted by Gasteiger charge is -2.06. The number of rotatable bonds is 15. The van der Waals surface area contributed by atoms with Gasteiger partial charge in [-0.25, -0.2) is 0 Å². The summed E-state index contributed by atoms with van der Waals surface area (Å²) in [5, 5.41) is 0. The fourth-order valence-corrected chi connectivity index (χ4v) is 1.33. The second kappa shape index (κ2) is 15.3. The van der Waals surface area contributed by atoms with Crippen LogP contribution in [0.1, 0.15) is 25.7 Å². The normalized spacial score (nSPS) is 10.6. The number of hydrogen-bond acceptors (Lipinski definition) is 5. The SMILES string of the molecule is C=CC(=O)CCCCOCCOCCOCCCN. The van der Waals surface area contributed by atoms with Crippen LogP contribution in [0.3, 0.4) is 0 Å². The van der Waals surface area contributed by atoms with Crippen molar-refractivity contribution in [2.75, 3.05) is 46.2 Å². The quantitative estimate of drug-likeness (QED) is 0.360. The number of carbonyl (C=O) groups is 1. The summed E-state index contributed by atoms with van der Waals surface area (Å²) in [6.45, 7) is 7.79. The highest BCUT2D eigenvalue weighted by Crippen LogP contribution is 1.97. The molecular weight excluding hydrogens is 246 g/mol. The molecule has 0 saturated carbocycles. The fourth-order valence-electron chi connectivity index (χ4n) is 1.33. The molecule has 0 aliphatic heterocycles. The molecule has 5 nitrogen and oxygen atoms in total. The lowest BCUT2D eigenvalue weighted by Crippen LogP contribution is -2.11. The summed E-state index contributed by atoms with van der Waals surface area (Å²) in [5.41, 5.74) is 5.33. The Bertz CT molecular complexity index is 221. The van der Waals surface area contributed by atoms with Crippen LogP contribution in [0.15, 0.2) is 12.7 Å². The minimum Gasteiger partial charge on any atom is -0.379 e. The zero-order valence-corrected chi connectivity index (χ0v) is 11.8. The molecule has 0 fully saturated rings. The first-order valence-electron chi connectivity index (χ1n) is 6.89. The molecule has 0 aliphatic rings. The maximum absolute atomic E-state index is 10.9. The fraction of sp³-hybridized carbons (Fsp3) is 0.786. The number of allylic oxidation sites excluding steroid dienone is 1. The number of ketones is 1. The molecule has 0 rings (SSSR count). The van der Waals surface area contributed by atoms with Crippen LogP contribution in [0.2, 0.25) is 0 Å². The van der Waals surface area contributed by atoms with Crippen LogP contribution < -0.4 is 5.73 Å². The van der Waals surface area contributed by atoms with E-state index in [1.807, 2.05) is 0 Å². The second-order valence-corrected chi connectivity index (χ2v) is 4.11. The third kappa shape index (κ3) is 15.2. The van der Waals surface area contributed by atoms with Gasteiger partial charge in [0.2, 0.25) is 0 Å². The highest BCUT2D eigenvalue weighted by molar-refractivity contribution is 5.88. The van der Waals surface area contributed by atoms with Gasteiger partial charge < -0.3 is 19.9 Å². The molecule has 0 bridgehead atoms. The van der Waals surface area contributed by atoms with Crippen LogP contribution in [0.5, 0.6) is 0 Å². The maximum atomic E-state index is 10.9. The van der Waals surface area contributed by atoms with Gasteiger partial charge in [-0.15, -0.1) is 0 Å². The minimum atomic E-state index is 0.0953. The third-order valence-corrected chi connectivity index (χ3v) is 2.43. The van der Waals surface area contributed by atoms with Crippen molar-refractivity contribution >= 4 is 5.78 Å². The predicted molar refractivity (Wildman–Crippen MR) is 75.2 cm³/mol. The highest BCUT2D eigenvalue weighted by atomic mass is 16.5. The number of carbonyl (C=O) groups excluding carboxylic acids is 1. The van der Waals surface area contributed by atoms with Gasteiger partial charge >= 0.3 is 0 Å². The van der Waals surface area contributed by atoms with E-state index in [1.165, 1.54) is 6.08 Å². The summed E-state index contributed by atoms with van der Waals surface area (Å²) < 4.78 is 16.0. The Balaban J connectivity index is 2.99. The first-order valence-corrected chi connectivity index (χ1v) is 6.89. The van der Waals surface area contributed by atoms with Gasteiger partial charge in [0, 0.05) is 19.6 Å². The summed E-state index contributed by atoms with van der Waals surface area (Å²) >= 11 is 0. The molecule has 0 radical (unpaired) electrons. The van der Waals surface area contributed by atoms with Gasteiger partial charge in [0.15, 0.2) is 5.78 Å². The van der Waals surface area contributed by atoms with Crippen molar-refractivity contribution in [2.45, 2.75) is 25.7 Å². The molecule has 112 valence electrons. The summed E-state index contributed by atoms with van der Waals surface area (Å²) in [6, 6.07) is 0. The molecule has 0 unspecified atom stereocenters. The largest absolute Gasteiger partial charge is 0.379 e. The van der Waals surface area contributed by atoms with Gasteiger partial charge in [-0.05, 0) is 31.9 Å². The summed E-state index contributed by atoms with van der Waals surface area (Å²) in [7, 11) is 0. The van der Waals surface area contributed by atoms with Crippen molar-refractivity contribution in [2.24, 2.45) is 5.73 Å². The van der Waals surface area contributed by atoms with E-state index in [-0.39, 0.29) is 5.78 Å². The van der Waals surface area contributed by atoms with E-state index in [4.69, 9.17) is 19.9 Å². The number of hydrogen-bond donors (Lipinski definition) is 1. The molecular formula is C14H27NO4. The molecule has 0 aromatic heterocycles. The third-order valence-electron chi connectivity index (χ3n) is 2.43. The van der Waals surface area contributed by atoms with Crippen molar-refractivity contribution in [3.63, 3.8) is 0 Å². The number of ether oxygens (including phenoxy) is 3. The Morgan fingerprint density at radius 3 is 1.95 bits per heavy atom. The van der Waals surface area contributed by atoms with Gasteiger partial charge in [-0.3, -0.25) is 4.79 Å². The minimum absolute atomic E-state index is 0.0953. The van der Waals surface area contributed by atoms with Crippen molar-refractivity contribution in [3.8, 4) is 0 Å². The van der Waals surface area contributed by atoms with Crippen molar-refractivity contribution in [1.82, 2.24) is 0 Å². The molecule has 0 aromatic rings. The monoisotopic (exact) mass is 273 g/mol. The predicted octanol–water partition coefficient (Wildman–Crippen LogP) is 1.31. The lowest BCUT2D eigenvalue weighted by molar-refractivity contribution is -0.114. The zero-order chi connectivity index (χ0) is 14.2. The Kier molecular flexibility index (Phi) is 14.7. The summed E-state index contributed by atoms with van der Waals surface area (Å²) in [4.78, 5) is 10.9. The van der Waals surface area contributed by atoms with Crippen LogP contribution in [0.4, 0.5) is 0 Å². The molecule has 0 amide bonds. The Hall–Kier alpha value is -0.750. The molecule has 19 heavy (non-hydrogen) atoms. The molecule has 0 heterocycles. The molecule has 5 heteroatoms. The van der Waals surface area contributed by atoms with E-state index in [2.05, 4.69) is 6.58 Å². The first-order chi connectivity index (χ1) is 9.31. The maximum Gasteiger partial charge on any atom is 0.155 e. The smallest absolute Gasteiger partial charge is 0.155 e. The van der Waals surface area contributed by atoms with E-state index in [0.29, 0.717) is 52.6 Å². The molecule has 0 aromatic carbocycles. The average molecular weight is 273 g/mol. The first kappa shape index (κ1) is 18.2. The molecule has 2 N–H and O–H groups in total. The van der Waals surface area contributed by atoms with Gasteiger partial charge in [0.05, 0.1) is 26.4 Å². The number of nitrogens with two attached hydrogens (primary N) is 1. The van der Waals surface area contributed by atoms with Gasteiger partial charge in [-0.2, -0.15) is 0 Å². The van der Waals surface area contributed by atoms with Crippen LogP contribution in [-0.2, 0) is 19.0 Å².